The average Bonchev–Trinajstić information content (AvgIpc) is 3.39. The van der Waals surface area contributed by atoms with Gasteiger partial charge in [-0.1, -0.05) is 12.1 Å². The van der Waals surface area contributed by atoms with Crippen LogP contribution in [0.15, 0.2) is 36.4 Å². The van der Waals surface area contributed by atoms with Gasteiger partial charge in [-0.3, -0.25) is 4.79 Å². The van der Waals surface area contributed by atoms with E-state index in [1.54, 1.807) is 36.4 Å². The highest BCUT2D eigenvalue weighted by molar-refractivity contribution is 5.96. The minimum absolute atomic E-state index is 0.221. The normalized spacial score (nSPS) is 13.3. The molecule has 0 atom stereocenters. The molecule has 2 N–H and O–H groups in total. The number of hydrogen-bond donors (Lipinski definition) is 2. The van der Waals surface area contributed by atoms with Gasteiger partial charge in [-0.15, -0.1) is 10.2 Å². The summed E-state index contributed by atoms with van der Waals surface area (Å²) in [7, 11) is 1.33. The highest BCUT2D eigenvalue weighted by Gasteiger charge is 2.24. The highest BCUT2D eigenvalue weighted by Crippen LogP contribution is 2.21. The average molecular weight is 312 g/mol. The molecule has 0 aliphatic heterocycles. The van der Waals surface area contributed by atoms with Crippen molar-refractivity contribution in [2.75, 3.05) is 12.4 Å². The molecule has 23 heavy (non-hydrogen) atoms. The molecule has 0 saturated heterocycles. The molecule has 1 aliphatic carbocycles. The largest absolute Gasteiger partial charge is 0.465 e. The number of carbonyl (C=O) groups excluding carboxylic acids is 2. The SMILES string of the molecule is COC(=O)c1ccccc1Nc1ccc(C(=O)NC2CC2)nn1. The van der Waals surface area contributed by atoms with Crippen molar-refractivity contribution in [1.82, 2.24) is 15.5 Å². The van der Waals surface area contributed by atoms with Crippen molar-refractivity contribution < 1.29 is 14.3 Å². The minimum Gasteiger partial charge on any atom is -0.465 e. The van der Waals surface area contributed by atoms with Crippen LogP contribution in [0.2, 0.25) is 0 Å². The van der Waals surface area contributed by atoms with Crippen LogP contribution in [-0.2, 0) is 4.74 Å². The van der Waals surface area contributed by atoms with Gasteiger partial charge >= 0.3 is 5.97 Å². The summed E-state index contributed by atoms with van der Waals surface area (Å²) in [6.45, 7) is 0. The van der Waals surface area contributed by atoms with Crippen molar-refractivity contribution in [3.05, 3.63) is 47.7 Å². The Balaban J connectivity index is 1.73. The topological polar surface area (TPSA) is 93.2 Å². The smallest absolute Gasteiger partial charge is 0.339 e. The van der Waals surface area contributed by atoms with E-state index in [-0.39, 0.29) is 17.6 Å². The molecule has 1 aromatic carbocycles. The van der Waals surface area contributed by atoms with Crippen LogP contribution in [0, 0.1) is 0 Å². The summed E-state index contributed by atoms with van der Waals surface area (Å²) in [5.41, 5.74) is 1.22. The Morgan fingerprint density at radius 1 is 1.13 bits per heavy atom. The number of ether oxygens (including phenoxy) is 1. The molecular formula is C16H16N4O3. The molecule has 3 rings (SSSR count). The van der Waals surface area contributed by atoms with E-state index in [1.807, 2.05) is 0 Å². The summed E-state index contributed by atoms with van der Waals surface area (Å²) in [5.74, 6) is -0.229. The molecule has 2 aromatic rings. The van der Waals surface area contributed by atoms with E-state index in [0.29, 0.717) is 17.1 Å². The van der Waals surface area contributed by atoms with E-state index < -0.39 is 5.97 Å². The molecule has 0 unspecified atom stereocenters. The van der Waals surface area contributed by atoms with Crippen molar-refractivity contribution in [3.8, 4) is 0 Å². The third kappa shape index (κ3) is 3.63. The number of anilines is 2. The monoisotopic (exact) mass is 312 g/mol. The molecule has 7 heteroatoms. The van der Waals surface area contributed by atoms with Gasteiger partial charge in [-0.2, -0.15) is 0 Å². The maximum absolute atomic E-state index is 11.9. The van der Waals surface area contributed by atoms with E-state index in [4.69, 9.17) is 4.74 Å². The number of esters is 1. The standard InChI is InChI=1S/C16H16N4O3/c1-23-16(22)11-4-2-3-5-12(11)18-14-9-8-13(19-20-14)15(21)17-10-6-7-10/h2-5,8-10H,6-7H2,1H3,(H,17,21)(H,18,20). The number of aromatic nitrogens is 2. The number of rotatable bonds is 5. The van der Waals surface area contributed by atoms with Crippen molar-refractivity contribution in [2.24, 2.45) is 0 Å². The van der Waals surface area contributed by atoms with Crippen LogP contribution in [0.25, 0.3) is 0 Å². The fourth-order valence-corrected chi connectivity index (χ4v) is 2.03. The molecule has 1 fully saturated rings. The number of hydrogen-bond acceptors (Lipinski definition) is 6. The maximum atomic E-state index is 11.9. The summed E-state index contributed by atoms with van der Waals surface area (Å²) in [5, 5.41) is 13.7. The summed E-state index contributed by atoms with van der Waals surface area (Å²) < 4.78 is 4.74. The van der Waals surface area contributed by atoms with Gasteiger partial charge in [0.05, 0.1) is 18.4 Å². The lowest BCUT2D eigenvalue weighted by atomic mass is 10.2. The van der Waals surface area contributed by atoms with Gasteiger partial charge in [-0.25, -0.2) is 4.79 Å². The van der Waals surface area contributed by atoms with Gasteiger partial charge in [0.15, 0.2) is 11.5 Å². The van der Waals surface area contributed by atoms with Crippen LogP contribution >= 0.6 is 0 Å². The zero-order valence-electron chi connectivity index (χ0n) is 12.6. The zero-order valence-corrected chi connectivity index (χ0v) is 12.6. The molecule has 7 nitrogen and oxygen atoms in total. The molecule has 1 amide bonds. The number of amides is 1. The second-order valence-corrected chi connectivity index (χ2v) is 5.21. The lowest BCUT2D eigenvalue weighted by Gasteiger charge is -2.09. The van der Waals surface area contributed by atoms with Crippen LogP contribution in [0.4, 0.5) is 11.5 Å². The van der Waals surface area contributed by atoms with E-state index in [9.17, 15) is 9.59 Å². The fourth-order valence-electron chi connectivity index (χ4n) is 2.03. The van der Waals surface area contributed by atoms with Crippen molar-refractivity contribution in [3.63, 3.8) is 0 Å². The summed E-state index contributed by atoms with van der Waals surface area (Å²) in [6, 6.07) is 10.4. The first-order chi connectivity index (χ1) is 11.2. The van der Waals surface area contributed by atoms with Crippen molar-refractivity contribution in [1.29, 1.82) is 0 Å². The fraction of sp³-hybridized carbons (Fsp3) is 0.250. The maximum Gasteiger partial charge on any atom is 0.339 e. The van der Waals surface area contributed by atoms with Crippen molar-refractivity contribution in [2.45, 2.75) is 18.9 Å². The van der Waals surface area contributed by atoms with Gasteiger partial charge in [0, 0.05) is 6.04 Å². The zero-order chi connectivity index (χ0) is 16.2. The van der Waals surface area contributed by atoms with E-state index in [1.165, 1.54) is 7.11 Å². The number of carbonyl (C=O) groups is 2. The Labute approximate surface area is 133 Å². The molecular weight excluding hydrogens is 296 g/mol. The predicted molar refractivity (Wildman–Crippen MR) is 83.6 cm³/mol. The third-order valence-electron chi connectivity index (χ3n) is 3.40. The van der Waals surface area contributed by atoms with Gasteiger partial charge < -0.3 is 15.4 Å². The number of benzene rings is 1. The minimum atomic E-state index is -0.443. The first-order valence-electron chi connectivity index (χ1n) is 7.26. The molecule has 0 spiro atoms. The van der Waals surface area contributed by atoms with Gasteiger partial charge in [-0.05, 0) is 37.1 Å². The first kappa shape index (κ1) is 15.0. The summed E-state index contributed by atoms with van der Waals surface area (Å²) in [6.07, 6.45) is 2.03. The van der Waals surface area contributed by atoms with E-state index >= 15 is 0 Å². The van der Waals surface area contributed by atoms with Gasteiger partial charge in [0.2, 0.25) is 0 Å². The Hall–Kier alpha value is -2.96. The van der Waals surface area contributed by atoms with Gasteiger partial charge in [0.1, 0.15) is 0 Å². The Kier molecular flexibility index (Phi) is 4.18. The third-order valence-corrected chi connectivity index (χ3v) is 3.40. The van der Waals surface area contributed by atoms with E-state index in [0.717, 1.165) is 12.8 Å². The second kappa shape index (κ2) is 6.43. The molecule has 0 bridgehead atoms. The van der Waals surface area contributed by atoms with Crippen LogP contribution in [0.5, 0.6) is 0 Å². The number of nitrogens with zero attached hydrogens (tertiary/aromatic N) is 2. The highest BCUT2D eigenvalue weighted by atomic mass is 16.5. The van der Waals surface area contributed by atoms with Crippen LogP contribution in [0.3, 0.4) is 0 Å². The second-order valence-electron chi connectivity index (χ2n) is 5.21. The van der Waals surface area contributed by atoms with Gasteiger partial charge in [0.25, 0.3) is 5.91 Å². The Morgan fingerprint density at radius 2 is 1.91 bits per heavy atom. The quantitative estimate of drug-likeness (QED) is 0.819. The lowest BCUT2D eigenvalue weighted by molar-refractivity contribution is 0.0601. The van der Waals surface area contributed by atoms with Crippen molar-refractivity contribution >= 4 is 23.4 Å². The molecule has 118 valence electrons. The van der Waals surface area contributed by atoms with Crippen LogP contribution in [-0.4, -0.2) is 35.2 Å². The summed E-state index contributed by atoms with van der Waals surface area (Å²) in [4.78, 5) is 23.6. The van der Waals surface area contributed by atoms with Crippen LogP contribution in [0.1, 0.15) is 33.7 Å². The first-order valence-corrected chi connectivity index (χ1v) is 7.26. The molecule has 1 saturated carbocycles. The summed E-state index contributed by atoms with van der Waals surface area (Å²) >= 11 is 0. The Bertz CT molecular complexity index is 726. The number of para-hydroxylation sites is 1. The molecule has 1 heterocycles. The van der Waals surface area contributed by atoms with E-state index in [2.05, 4.69) is 20.8 Å². The predicted octanol–water partition coefficient (Wildman–Crippen LogP) is 1.90. The molecule has 1 aromatic heterocycles. The molecule has 0 radical (unpaired) electrons. The molecule has 1 aliphatic rings. The lowest BCUT2D eigenvalue weighted by Crippen LogP contribution is -2.26. The Morgan fingerprint density at radius 3 is 2.57 bits per heavy atom. The number of nitrogens with one attached hydrogen (secondary N) is 2. The van der Waals surface area contributed by atoms with Crippen LogP contribution < -0.4 is 10.6 Å². The number of methoxy groups -OCH3 is 1.